The van der Waals surface area contributed by atoms with Crippen molar-refractivity contribution in [2.45, 2.75) is 31.8 Å². The van der Waals surface area contributed by atoms with Crippen molar-refractivity contribution in [2.24, 2.45) is 11.8 Å². The Morgan fingerprint density at radius 2 is 1.79 bits per heavy atom. The number of hydrogen-bond acceptors (Lipinski definition) is 5. The number of sulfonamides is 1. The molecule has 0 saturated carbocycles. The molecule has 1 saturated heterocycles. The molecule has 0 amide bonds. The molecule has 7 heteroatoms. The SMILES string of the molecule is C[C@@H]1C[C@H](C)CN(S(=O)(=O)c2ccc(C(=O)OCc3cccc(C#N)c3)cc2)C1. The lowest BCUT2D eigenvalue weighted by Crippen LogP contribution is -2.42. The highest BCUT2D eigenvalue weighted by molar-refractivity contribution is 7.89. The predicted molar refractivity (Wildman–Crippen MR) is 108 cm³/mol. The van der Waals surface area contributed by atoms with Gasteiger partial charge >= 0.3 is 5.97 Å². The van der Waals surface area contributed by atoms with Crippen LogP contribution in [0, 0.1) is 23.2 Å². The quantitative estimate of drug-likeness (QED) is 0.701. The fourth-order valence-corrected chi connectivity index (χ4v) is 5.36. The second kappa shape index (κ2) is 8.76. The van der Waals surface area contributed by atoms with E-state index in [4.69, 9.17) is 10.00 Å². The van der Waals surface area contributed by atoms with Crippen LogP contribution in [0.2, 0.25) is 0 Å². The van der Waals surface area contributed by atoms with E-state index < -0.39 is 16.0 Å². The smallest absolute Gasteiger partial charge is 0.338 e. The Morgan fingerprint density at radius 3 is 2.41 bits per heavy atom. The zero-order chi connectivity index (χ0) is 21.0. The third kappa shape index (κ3) is 5.03. The summed E-state index contributed by atoms with van der Waals surface area (Å²) in [5.74, 6) is 0.0983. The third-order valence-corrected chi connectivity index (χ3v) is 6.84. The normalized spacial score (nSPS) is 20.0. The van der Waals surface area contributed by atoms with Gasteiger partial charge in [-0.3, -0.25) is 0 Å². The maximum atomic E-state index is 12.9. The lowest BCUT2D eigenvalue weighted by molar-refractivity contribution is 0.0472. The summed E-state index contributed by atoms with van der Waals surface area (Å²) in [6.07, 6.45) is 1.02. The van der Waals surface area contributed by atoms with Crippen LogP contribution in [0.5, 0.6) is 0 Å². The van der Waals surface area contributed by atoms with Crippen molar-refractivity contribution in [1.82, 2.24) is 4.31 Å². The summed E-state index contributed by atoms with van der Waals surface area (Å²) in [7, 11) is -3.58. The molecular weight excluding hydrogens is 388 g/mol. The molecule has 0 unspecified atom stereocenters. The lowest BCUT2D eigenvalue weighted by Gasteiger charge is -2.34. The Balaban J connectivity index is 1.67. The number of benzene rings is 2. The van der Waals surface area contributed by atoms with E-state index in [-0.39, 0.29) is 17.1 Å². The molecule has 2 atom stereocenters. The number of ether oxygens (including phenoxy) is 1. The maximum Gasteiger partial charge on any atom is 0.338 e. The van der Waals surface area contributed by atoms with Gasteiger partial charge in [0.2, 0.25) is 10.0 Å². The van der Waals surface area contributed by atoms with Gasteiger partial charge in [-0.25, -0.2) is 13.2 Å². The molecule has 3 rings (SSSR count). The van der Waals surface area contributed by atoms with Gasteiger partial charge in [-0.05, 0) is 60.2 Å². The summed E-state index contributed by atoms with van der Waals surface area (Å²) >= 11 is 0. The molecular formula is C22H24N2O4S. The van der Waals surface area contributed by atoms with E-state index in [0.29, 0.717) is 36.1 Å². The highest BCUT2D eigenvalue weighted by Crippen LogP contribution is 2.26. The monoisotopic (exact) mass is 412 g/mol. The summed E-state index contributed by atoms with van der Waals surface area (Å²) < 4.78 is 32.6. The molecule has 1 aliphatic heterocycles. The van der Waals surface area contributed by atoms with Crippen LogP contribution in [0.3, 0.4) is 0 Å². The number of rotatable bonds is 5. The number of piperidine rings is 1. The maximum absolute atomic E-state index is 12.9. The minimum absolute atomic E-state index is 0.0396. The van der Waals surface area contributed by atoms with Crippen molar-refractivity contribution >= 4 is 16.0 Å². The van der Waals surface area contributed by atoms with Crippen LogP contribution in [-0.2, 0) is 21.4 Å². The Labute approximate surface area is 171 Å². The highest BCUT2D eigenvalue weighted by Gasteiger charge is 2.31. The standard InChI is InChI=1S/C22H24N2O4S/c1-16-10-17(2)14-24(13-16)29(26,27)21-8-6-20(7-9-21)22(25)28-15-19-5-3-4-18(11-19)12-23/h3-9,11,16-17H,10,13-15H2,1-2H3/t16-,17+. The van der Waals surface area contributed by atoms with Crippen LogP contribution in [0.1, 0.15) is 41.8 Å². The first-order chi connectivity index (χ1) is 13.8. The molecule has 2 aromatic rings. The Bertz CT molecular complexity index is 1020. The van der Waals surface area contributed by atoms with E-state index in [1.807, 2.05) is 6.07 Å². The van der Waals surface area contributed by atoms with Gasteiger partial charge in [0.15, 0.2) is 0 Å². The highest BCUT2D eigenvalue weighted by atomic mass is 32.2. The second-order valence-electron chi connectivity index (χ2n) is 7.68. The molecule has 6 nitrogen and oxygen atoms in total. The first-order valence-electron chi connectivity index (χ1n) is 9.56. The Morgan fingerprint density at radius 1 is 1.14 bits per heavy atom. The van der Waals surface area contributed by atoms with Gasteiger partial charge in [-0.2, -0.15) is 9.57 Å². The van der Waals surface area contributed by atoms with E-state index >= 15 is 0 Å². The fourth-order valence-electron chi connectivity index (χ4n) is 3.68. The van der Waals surface area contributed by atoms with E-state index in [0.717, 1.165) is 6.42 Å². The fraction of sp³-hybridized carbons (Fsp3) is 0.364. The molecule has 0 bridgehead atoms. The minimum atomic E-state index is -3.58. The van der Waals surface area contributed by atoms with Gasteiger partial charge in [0, 0.05) is 13.1 Å². The first kappa shape index (κ1) is 21.0. The van der Waals surface area contributed by atoms with Crippen molar-refractivity contribution in [3.63, 3.8) is 0 Å². The molecule has 1 fully saturated rings. The average Bonchev–Trinajstić information content (AvgIpc) is 2.71. The van der Waals surface area contributed by atoms with Crippen molar-refractivity contribution in [1.29, 1.82) is 5.26 Å². The molecule has 152 valence electrons. The topological polar surface area (TPSA) is 87.5 Å². The van der Waals surface area contributed by atoms with Crippen LogP contribution in [0.15, 0.2) is 53.4 Å². The van der Waals surface area contributed by atoms with E-state index in [9.17, 15) is 13.2 Å². The van der Waals surface area contributed by atoms with Crippen molar-refractivity contribution in [3.05, 3.63) is 65.2 Å². The van der Waals surface area contributed by atoms with Gasteiger partial charge in [-0.15, -0.1) is 0 Å². The van der Waals surface area contributed by atoms with Crippen LogP contribution in [0.4, 0.5) is 0 Å². The van der Waals surface area contributed by atoms with Crippen LogP contribution >= 0.6 is 0 Å². The molecule has 0 N–H and O–H groups in total. The molecule has 29 heavy (non-hydrogen) atoms. The molecule has 2 aromatic carbocycles. The molecule has 0 radical (unpaired) electrons. The van der Waals surface area contributed by atoms with E-state index in [1.54, 1.807) is 24.3 Å². The van der Waals surface area contributed by atoms with Crippen molar-refractivity contribution in [2.75, 3.05) is 13.1 Å². The van der Waals surface area contributed by atoms with Crippen LogP contribution in [0.25, 0.3) is 0 Å². The molecule has 0 aliphatic carbocycles. The van der Waals surface area contributed by atoms with E-state index in [1.165, 1.54) is 28.6 Å². The van der Waals surface area contributed by atoms with Crippen molar-refractivity contribution in [3.8, 4) is 6.07 Å². The number of carbonyl (C=O) groups is 1. The summed E-state index contributed by atoms with van der Waals surface area (Å²) in [6, 6.07) is 14.7. The van der Waals surface area contributed by atoms with E-state index in [2.05, 4.69) is 13.8 Å². The lowest BCUT2D eigenvalue weighted by atomic mass is 9.94. The molecule has 0 aromatic heterocycles. The molecule has 0 spiro atoms. The second-order valence-corrected chi connectivity index (χ2v) is 9.62. The third-order valence-electron chi connectivity index (χ3n) is 4.99. The first-order valence-corrected chi connectivity index (χ1v) is 11.0. The number of esters is 1. The Hall–Kier alpha value is -2.69. The number of carbonyl (C=O) groups excluding carboxylic acids is 1. The zero-order valence-corrected chi connectivity index (χ0v) is 17.4. The van der Waals surface area contributed by atoms with Crippen LogP contribution in [-0.4, -0.2) is 31.8 Å². The van der Waals surface area contributed by atoms with Crippen molar-refractivity contribution < 1.29 is 17.9 Å². The van der Waals surface area contributed by atoms with Gasteiger partial charge in [0.1, 0.15) is 6.61 Å². The Kier molecular flexibility index (Phi) is 6.36. The summed E-state index contributed by atoms with van der Waals surface area (Å²) in [6.45, 7) is 5.18. The number of nitriles is 1. The minimum Gasteiger partial charge on any atom is -0.457 e. The number of hydrogen-bond donors (Lipinski definition) is 0. The largest absolute Gasteiger partial charge is 0.457 e. The van der Waals surface area contributed by atoms with Crippen LogP contribution < -0.4 is 0 Å². The molecule has 1 aliphatic rings. The zero-order valence-electron chi connectivity index (χ0n) is 16.5. The average molecular weight is 413 g/mol. The molecule has 1 heterocycles. The summed E-state index contributed by atoms with van der Waals surface area (Å²) in [4.78, 5) is 12.5. The van der Waals surface area contributed by atoms with Gasteiger partial charge in [-0.1, -0.05) is 26.0 Å². The predicted octanol–water partition coefficient (Wildman–Crippen LogP) is 3.58. The summed E-state index contributed by atoms with van der Waals surface area (Å²) in [5, 5.41) is 8.92. The van der Waals surface area contributed by atoms with Gasteiger partial charge < -0.3 is 4.74 Å². The number of nitrogens with zero attached hydrogens (tertiary/aromatic N) is 2. The summed E-state index contributed by atoms with van der Waals surface area (Å²) in [5.41, 5.74) is 1.49. The van der Waals surface area contributed by atoms with Gasteiger partial charge in [0.05, 0.1) is 22.1 Å². The van der Waals surface area contributed by atoms with Gasteiger partial charge in [0.25, 0.3) is 0 Å².